The molecule has 2 amide bonds. The van der Waals surface area contributed by atoms with E-state index in [1.54, 1.807) is 23.1 Å². The fourth-order valence-electron chi connectivity index (χ4n) is 5.10. The van der Waals surface area contributed by atoms with Crippen LogP contribution in [0.25, 0.3) is 6.08 Å². The lowest BCUT2D eigenvalue weighted by atomic mass is 9.99. The van der Waals surface area contributed by atoms with Gasteiger partial charge in [-0.3, -0.25) is 9.59 Å². The molecule has 0 fully saturated rings. The van der Waals surface area contributed by atoms with E-state index in [2.05, 4.69) is 10.6 Å². The zero-order valence-electron chi connectivity index (χ0n) is 25.5. The molecule has 3 N–H and O–H groups in total. The highest BCUT2D eigenvalue weighted by atomic mass is 19.1. The Labute approximate surface area is 253 Å². The summed E-state index contributed by atoms with van der Waals surface area (Å²) in [6.07, 6.45) is 4.51. The number of hydrogen-bond acceptors (Lipinski definition) is 4. The molecule has 3 rings (SSSR count). The maximum atomic E-state index is 14.0. The summed E-state index contributed by atoms with van der Waals surface area (Å²) in [5.41, 5.74) is 3.81. The lowest BCUT2D eigenvalue weighted by molar-refractivity contribution is 0.0755. The Bertz CT molecular complexity index is 1380. The largest absolute Gasteiger partial charge is 0.390 e. The fraction of sp³-hybridized carbons (Fsp3) is 0.371. The van der Waals surface area contributed by atoms with Gasteiger partial charge in [0.25, 0.3) is 11.8 Å². The van der Waals surface area contributed by atoms with Crippen LogP contribution >= 0.6 is 0 Å². The van der Waals surface area contributed by atoms with Gasteiger partial charge in [0.1, 0.15) is 11.6 Å². The highest BCUT2D eigenvalue weighted by molar-refractivity contribution is 6.00. The van der Waals surface area contributed by atoms with Crippen molar-refractivity contribution >= 4 is 17.9 Å². The fourth-order valence-corrected chi connectivity index (χ4v) is 5.10. The molecule has 8 heteroatoms. The van der Waals surface area contributed by atoms with E-state index in [1.807, 2.05) is 64.1 Å². The second-order valence-corrected chi connectivity index (χ2v) is 10.9. The van der Waals surface area contributed by atoms with E-state index in [1.165, 1.54) is 12.1 Å². The first-order valence-corrected chi connectivity index (χ1v) is 14.9. The second kappa shape index (κ2) is 16.7. The number of nitrogens with one attached hydrogen (secondary N) is 2. The summed E-state index contributed by atoms with van der Waals surface area (Å²) in [7, 11) is 0. The van der Waals surface area contributed by atoms with Gasteiger partial charge in [0.05, 0.1) is 12.1 Å². The minimum atomic E-state index is -1.08. The molecule has 3 aromatic carbocycles. The summed E-state index contributed by atoms with van der Waals surface area (Å²) in [6.45, 7) is 9.62. The minimum Gasteiger partial charge on any atom is -0.390 e. The number of aryl methyl sites for hydroxylation is 1. The van der Waals surface area contributed by atoms with Crippen molar-refractivity contribution in [3.05, 3.63) is 112 Å². The van der Waals surface area contributed by atoms with Crippen molar-refractivity contribution in [3.8, 4) is 0 Å². The Morgan fingerprint density at radius 3 is 2.26 bits per heavy atom. The van der Waals surface area contributed by atoms with Gasteiger partial charge in [-0.25, -0.2) is 8.78 Å². The molecule has 43 heavy (non-hydrogen) atoms. The summed E-state index contributed by atoms with van der Waals surface area (Å²) < 4.78 is 28.0. The van der Waals surface area contributed by atoms with Crippen LogP contribution in [-0.2, 0) is 13.0 Å². The van der Waals surface area contributed by atoms with Crippen LogP contribution in [0.15, 0.2) is 66.7 Å². The zero-order valence-corrected chi connectivity index (χ0v) is 25.5. The van der Waals surface area contributed by atoms with Gasteiger partial charge in [-0.15, -0.1) is 0 Å². The minimum absolute atomic E-state index is 0.00156. The molecule has 0 bridgehead atoms. The summed E-state index contributed by atoms with van der Waals surface area (Å²) in [5, 5.41) is 17.3. The molecular formula is C35H43F2N3O3. The van der Waals surface area contributed by atoms with Crippen LogP contribution in [0.2, 0.25) is 0 Å². The van der Waals surface area contributed by atoms with Gasteiger partial charge in [-0.1, -0.05) is 50.3 Å². The number of amides is 2. The van der Waals surface area contributed by atoms with Gasteiger partial charge in [0, 0.05) is 43.4 Å². The third-order valence-corrected chi connectivity index (χ3v) is 7.01. The molecule has 0 saturated heterocycles. The van der Waals surface area contributed by atoms with Crippen LogP contribution in [0, 0.1) is 18.6 Å². The molecule has 0 saturated carbocycles. The van der Waals surface area contributed by atoms with Gasteiger partial charge < -0.3 is 20.6 Å². The molecule has 230 valence electrons. The maximum absolute atomic E-state index is 14.0. The Morgan fingerprint density at radius 2 is 1.60 bits per heavy atom. The number of hydrogen-bond donors (Lipinski definition) is 3. The van der Waals surface area contributed by atoms with Gasteiger partial charge in [-0.05, 0) is 85.7 Å². The molecule has 6 nitrogen and oxygen atoms in total. The number of aliphatic hydroxyl groups excluding tert-OH is 1. The van der Waals surface area contributed by atoms with E-state index in [4.69, 9.17) is 0 Å². The van der Waals surface area contributed by atoms with Gasteiger partial charge in [0.15, 0.2) is 0 Å². The standard InChI is InChI=1S/C35H43F2N3O3/c1-5-9-25-10-8-11-26(16-25)22-38-23-33(41)32(19-27-17-30(36)21-31(37)18-27)39-34(42)28-14-24(4)15-29(20-28)35(43)40(12-6-2)13-7-3/h5,8-11,14-18,20-21,32-33,38,41H,6-7,12-13,19,22-23H2,1-4H3,(H,39,42)/b9-5+/t32-,33+/m0/s1. The summed E-state index contributed by atoms with van der Waals surface area (Å²) in [4.78, 5) is 28.5. The molecule has 0 spiro atoms. The van der Waals surface area contributed by atoms with Gasteiger partial charge in [0.2, 0.25) is 0 Å². The van der Waals surface area contributed by atoms with Gasteiger partial charge >= 0.3 is 0 Å². The quantitative estimate of drug-likeness (QED) is 0.201. The lowest BCUT2D eigenvalue weighted by Gasteiger charge is -2.25. The van der Waals surface area contributed by atoms with Crippen molar-refractivity contribution < 1.29 is 23.5 Å². The van der Waals surface area contributed by atoms with Crippen molar-refractivity contribution in [1.82, 2.24) is 15.5 Å². The number of allylic oxidation sites excluding steroid dienone is 1. The van der Waals surface area contributed by atoms with E-state index in [0.29, 0.717) is 30.8 Å². The highest BCUT2D eigenvalue weighted by Gasteiger charge is 2.24. The molecule has 0 aliphatic rings. The third kappa shape index (κ3) is 10.4. The number of benzene rings is 3. The van der Waals surface area contributed by atoms with E-state index in [9.17, 15) is 23.5 Å². The van der Waals surface area contributed by atoms with Crippen molar-refractivity contribution in [3.63, 3.8) is 0 Å². The highest BCUT2D eigenvalue weighted by Crippen LogP contribution is 2.16. The number of carbonyl (C=O) groups excluding carboxylic acids is 2. The first-order valence-electron chi connectivity index (χ1n) is 14.9. The summed E-state index contributed by atoms with van der Waals surface area (Å²) in [6, 6.07) is 15.2. The smallest absolute Gasteiger partial charge is 0.253 e. The lowest BCUT2D eigenvalue weighted by Crippen LogP contribution is -2.48. The van der Waals surface area contributed by atoms with Crippen LogP contribution in [0.4, 0.5) is 8.78 Å². The van der Waals surface area contributed by atoms with Crippen LogP contribution in [0.5, 0.6) is 0 Å². The van der Waals surface area contributed by atoms with E-state index in [0.717, 1.165) is 35.6 Å². The summed E-state index contributed by atoms with van der Waals surface area (Å²) >= 11 is 0. The molecule has 0 aromatic heterocycles. The maximum Gasteiger partial charge on any atom is 0.253 e. The first-order chi connectivity index (χ1) is 20.6. The Morgan fingerprint density at radius 1 is 0.930 bits per heavy atom. The van der Waals surface area contributed by atoms with Gasteiger partial charge in [-0.2, -0.15) is 0 Å². The van der Waals surface area contributed by atoms with E-state index >= 15 is 0 Å². The molecule has 0 aliphatic heterocycles. The topological polar surface area (TPSA) is 81.7 Å². The van der Waals surface area contributed by atoms with Crippen LogP contribution < -0.4 is 10.6 Å². The molecule has 0 aliphatic carbocycles. The molecule has 2 atom stereocenters. The van der Waals surface area contributed by atoms with Crippen LogP contribution in [-0.4, -0.2) is 53.6 Å². The van der Waals surface area contributed by atoms with Crippen LogP contribution in [0.3, 0.4) is 0 Å². The molecule has 3 aromatic rings. The Balaban J connectivity index is 1.80. The molecule has 0 unspecified atom stereocenters. The predicted octanol–water partition coefficient (Wildman–Crippen LogP) is 6.06. The average Bonchev–Trinajstić information content (AvgIpc) is 2.96. The van der Waals surface area contributed by atoms with Crippen LogP contribution in [0.1, 0.15) is 76.6 Å². The van der Waals surface area contributed by atoms with Crippen molar-refractivity contribution in [1.29, 1.82) is 0 Å². The number of rotatable bonds is 15. The number of aliphatic hydroxyl groups is 1. The molecule has 0 heterocycles. The number of carbonyl (C=O) groups is 2. The Kier molecular flexibility index (Phi) is 13.0. The molecular weight excluding hydrogens is 548 g/mol. The molecule has 0 radical (unpaired) electrons. The normalized spacial score (nSPS) is 12.7. The predicted molar refractivity (Wildman–Crippen MR) is 168 cm³/mol. The Hall–Kier alpha value is -3.88. The third-order valence-electron chi connectivity index (χ3n) is 7.01. The van der Waals surface area contributed by atoms with E-state index in [-0.39, 0.29) is 24.4 Å². The van der Waals surface area contributed by atoms with Crippen molar-refractivity contribution in [2.75, 3.05) is 19.6 Å². The zero-order chi connectivity index (χ0) is 31.4. The first kappa shape index (κ1) is 33.6. The second-order valence-electron chi connectivity index (χ2n) is 10.9. The number of nitrogens with zero attached hydrogens (tertiary/aromatic N) is 1. The SMILES string of the molecule is C/C=C/c1cccc(CNC[C@@H](O)[C@H](Cc2cc(F)cc(F)c2)NC(=O)c2cc(C)cc(C(=O)N(CCC)CCC)c2)c1. The summed E-state index contributed by atoms with van der Waals surface area (Å²) in [5.74, 6) is -2.11. The van der Waals surface area contributed by atoms with Crippen molar-refractivity contribution in [2.45, 2.75) is 65.6 Å². The van der Waals surface area contributed by atoms with E-state index < -0.39 is 29.7 Å². The number of halogens is 2. The monoisotopic (exact) mass is 591 g/mol. The average molecular weight is 592 g/mol. The van der Waals surface area contributed by atoms with Crippen molar-refractivity contribution in [2.24, 2.45) is 0 Å².